The maximum absolute atomic E-state index is 14.4. The fourth-order valence-corrected chi connectivity index (χ4v) is 3.95. The van der Waals surface area contributed by atoms with Gasteiger partial charge in [-0.25, -0.2) is 9.38 Å². The van der Waals surface area contributed by atoms with E-state index in [9.17, 15) is 45.5 Å². The zero-order valence-electron chi connectivity index (χ0n) is 18.4. The van der Waals surface area contributed by atoms with Crippen molar-refractivity contribution in [3.05, 3.63) is 58.7 Å². The van der Waals surface area contributed by atoms with Crippen LogP contribution in [0.3, 0.4) is 0 Å². The number of nitrogens with two attached hydrogens (primary N) is 1. The summed E-state index contributed by atoms with van der Waals surface area (Å²) < 4.78 is 105. The SMILES string of the molecule is C[C@@H]1[C@H](c2ccc(F)c(F)c2OC(F)F)[C@@H](C(=O)N=c2ccn(O)c(C(N)=O)c2)O[C@]1(C)C(F)(F)F. The van der Waals surface area contributed by atoms with E-state index in [0.717, 1.165) is 25.3 Å². The van der Waals surface area contributed by atoms with E-state index < -0.39 is 76.8 Å². The van der Waals surface area contributed by atoms with Crippen LogP contribution in [0.5, 0.6) is 5.75 Å². The summed E-state index contributed by atoms with van der Waals surface area (Å²) in [5.41, 5.74) is 0.832. The van der Waals surface area contributed by atoms with E-state index in [2.05, 4.69) is 9.73 Å². The number of hydrogen-bond acceptors (Lipinski definition) is 5. The van der Waals surface area contributed by atoms with Gasteiger partial charge in [0, 0.05) is 23.6 Å². The molecule has 2 heterocycles. The molecule has 2 aromatic rings. The van der Waals surface area contributed by atoms with E-state index in [4.69, 9.17) is 10.5 Å². The van der Waals surface area contributed by atoms with Crippen LogP contribution in [-0.2, 0) is 9.53 Å². The number of ether oxygens (including phenoxy) is 2. The summed E-state index contributed by atoms with van der Waals surface area (Å²) in [6.07, 6.45) is -6.35. The second kappa shape index (κ2) is 9.44. The Labute approximate surface area is 197 Å². The van der Waals surface area contributed by atoms with Gasteiger partial charge in [-0.3, -0.25) is 9.59 Å². The number of primary amides is 1. The van der Waals surface area contributed by atoms with E-state index in [1.807, 2.05) is 0 Å². The normalized spacial score (nSPS) is 24.8. The number of carbonyl (C=O) groups is 2. The predicted molar refractivity (Wildman–Crippen MR) is 105 cm³/mol. The fourth-order valence-electron chi connectivity index (χ4n) is 3.95. The molecule has 3 N–H and O–H groups in total. The lowest BCUT2D eigenvalue weighted by Crippen LogP contribution is -2.47. The van der Waals surface area contributed by atoms with E-state index in [0.29, 0.717) is 23.8 Å². The Morgan fingerprint density at radius 3 is 2.44 bits per heavy atom. The summed E-state index contributed by atoms with van der Waals surface area (Å²) in [5.74, 6) is -10.9. The number of amides is 2. The smallest absolute Gasteiger partial charge is 0.417 e. The molecule has 0 bridgehead atoms. The third-order valence-electron chi connectivity index (χ3n) is 5.97. The van der Waals surface area contributed by atoms with Crippen molar-refractivity contribution in [2.45, 2.75) is 44.3 Å². The Hall–Kier alpha value is -3.62. The standard InChI is InChI=1S/C21H18F7N3O5/c1-8-13(10-3-4-11(22)14(23)15(10)35-19(24)25)16(36-20(8,2)21(26,27)28)18(33)30-9-5-6-31(34)12(7-9)17(29)32/h3-8,13,16,19,34H,1-2H3,(H2,29,32)/t8-,13-,16+,20+/m1/s1. The highest BCUT2D eigenvalue weighted by Gasteiger charge is 2.66. The number of benzene rings is 1. The largest absolute Gasteiger partial charge is 0.431 e. The number of rotatable bonds is 5. The Morgan fingerprint density at radius 1 is 1.25 bits per heavy atom. The summed E-state index contributed by atoms with van der Waals surface area (Å²) in [4.78, 5) is 28.0. The predicted octanol–water partition coefficient (Wildman–Crippen LogP) is 3.27. The van der Waals surface area contributed by atoms with Crippen LogP contribution in [0.15, 0.2) is 35.5 Å². The lowest BCUT2D eigenvalue weighted by atomic mass is 9.77. The summed E-state index contributed by atoms with van der Waals surface area (Å²) in [5, 5.41) is 9.25. The maximum atomic E-state index is 14.4. The van der Waals surface area contributed by atoms with Gasteiger partial charge in [-0.05, 0) is 25.1 Å². The molecule has 2 amide bonds. The number of nitrogens with zero attached hydrogens (tertiary/aromatic N) is 2. The summed E-state index contributed by atoms with van der Waals surface area (Å²) in [7, 11) is 0. The number of halogens is 7. The number of aromatic nitrogens is 1. The van der Waals surface area contributed by atoms with Crippen molar-refractivity contribution in [2.24, 2.45) is 16.6 Å². The second-order valence-electron chi connectivity index (χ2n) is 8.04. The first-order valence-electron chi connectivity index (χ1n) is 10.1. The zero-order chi connectivity index (χ0) is 27.2. The lowest BCUT2D eigenvalue weighted by Gasteiger charge is -2.32. The van der Waals surface area contributed by atoms with Crippen LogP contribution >= 0.6 is 0 Å². The Morgan fingerprint density at radius 2 is 1.89 bits per heavy atom. The van der Waals surface area contributed by atoms with Gasteiger partial charge < -0.3 is 20.4 Å². The van der Waals surface area contributed by atoms with Gasteiger partial charge in [0.25, 0.3) is 11.8 Å². The number of carbonyl (C=O) groups excluding carboxylic acids is 2. The minimum absolute atomic E-state index is 0.304. The second-order valence-corrected chi connectivity index (χ2v) is 8.04. The van der Waals surface area contributed by atoms with Crippen LogP contribution in [0, 0.1) is 17.6 Å². The minimum Gasteiger partial charge on any atom is -0.431 e. The Kier molecular flexibility index (Phi) is 7.08. The van der Waals surface area contributed by atoms with Crippen molar-refractivity contribution < 1.29 is 55.0 Å². The molecule has 1 fully saturated rings. The van der Waals surface area contributed by atoms with Crippen molar-refractivity contribution in [1.82, 2.24) is 4.73 Å². The van der Waals surface area contributed by atoms with Crippen molar-refractivity contribution in [2.75, 3.05) is 0 Å². The van der Waals surface area contributed by atoms with Crippen LogP contribution < -0.4 is 15.8 Å². The van der Waals surface area contributed by atoms with Crippen molar-refractivity contribution >= 4 is 11.8 Å². The Balaban J connectivity index is 2.20. The average molecular weight is 525 g/mol. The van der Waals surface area contributed by atoms with Gasteiger partial charge in [-0.2, -0.15) is 31.1 Å². The maximum Gasteiger partial charge on any atom is 0.417 e. The van der Waals surface area contributed by atoms with E-state index in [1.165, 1.54) is 0 Å². The molecule has 8 nitrogen and oxygen atoms in total. The van der Waals surface area contributed by atoms with Gasteiger partial charge in [0.05, 0.1) is 5.36 Å². The average Bonchev–Trinajstić information content (AvgIpc) is 3.04. The molecule has 1 aromatic carbocycles. The molecular formula is C21H18F7N3O5. The lowest BCUT2D eigenvalue weighted by molar-refractivity contribution is -0.272. The molecule has 36 heavy (non-hydrogen) atoms. The zero-order valence-corrected chi connectivity index (χ0v) is 18.4. The molecule has 3 rings (SSSR count). The van der Waals surface area contributed by atoms with E-state index >= 15 is 0 Å². The van der Waals surface area contributed by atoms with Gasteiger partial charge in [-0.15, -0.1) is 0 Å². The highest BCUT2D eigenvalue weighted by molar-refractivity contribution is 5.91. The minimum atomic E-state index is -5.09. The monoisotopic (exact) mass is 525 g/mol. The first-order chi connectivity index (χ1) is 16.6. The Bertz CT molecular complexity index is 1260. The van der Waals surface area contributed by atoms with Crippen molar-refractivity contribution in [1.29, 1.82) is 0 Å². The summed E-state index contributed by atoms with van der Waals surface area (Å²) in [6, 6.07) is 3.04. The molecule has 0 spiro atoms. The molecule has 0 unspecified atom stereocenters. The van der Waals surface area contributed by atoms with Crippen LogP contribution in [0.1, 0.15) is 35.8 Å². The van der Waals surface area contributed by atoms with Gasteiger partial charge in [-0.1, -0.05) is 13.0 Å². The van der Waals surface area contributed by atoms with Crippen LogP contribution in [0.4, 0.5) is 30.7 Å². The molecule has 4 atom stereocenters. The summed E-state index contributed by atoms with van der Waals surface area (Å²) >= 11 is 0. The van der Waals surface area contributed by atoms with Crippen LogP contribution in [0.25, 0.3) is 0 Å². The number of alkyl halides is 5. The van der Waals surface area contributed by atoms with Crippen LogP contribution in [-0.4, -0.2) is 46.2 Å². The van der Waals surface area contributed by atoms with E-state index in [1.54, 1.807) is 0 Å². The topological polar surface area (TPSA) is 116 Å². The fraction of sp³-hybridized carbons (Fsp3) is 0.381. The number of pyridine rings is 1. The van der Waals surface area contributed by atoms with Gasteiger partial charge >= 0.3 is 12.8 Å². The van der Waals surface area contributed by atoms with Crippen molar-refractivity contribution in [3.8, 4) is 5.75 Å². The quantitative estimate of drug-likeness (QED) is 0.459. The molecule has 196 valence electrons. The molecule has 0 aliphatic carbocycles. The first-order valence-corrected chi connectivity index (χ1v) is 10.1. The molecule has 1 aliphatic heterocycles. The molecule has 0 radical (unpaired) electrons. The van der Waals surface area contributed by atoms with Gasteiger partial charge in [0.1, 0.15) is 11.8 Å². The molecule has 1 saturated heterocycles. The molecule has 1 aromatic heterocycles. The van der Waals surface area contributed by atoms with Crippen LogP contribution in [0.2, 0.25) is 0 Å². The van der Waals surface area contributed by atoms with Gasteiger partial charge in [0.15, 0.2) is 17.2 Å². The molecular weight excluding hydrogens is 507 g/mol. The highest BCUT2D eigenvalue weighted by Crippen LogP contribution is 2.55. The first kappa shape index (κ1) is 27.0. The van der Waals surface area contributed by atoms with Crippen molar-refractivity contribution in [3.63, 3.8) is 0 Å². The highest BCUT2D eigenvalue weighted by atomic mass is 19.4. The van der Waals surface area contributed by atoms with Gasteiger partial charge in [0.2, 0.25) is 5.82 Å². The number of hydrogen-bond donors (Lipinski definition) is 2. The third-order valence-corrected chi connectivity index (χ3v) is 5.97. The molecule has 0 saturated carbocycles. The van der Waals surface area contributed by atoms with E-state index in [-0.39, 0.29) is 5.36 Å². The molecule has 1 aliphatic rings. The summed E-state index contributed by atoms with van der Waals surface area (Å²) in [6.45, 7) is -2.08. The molecule has 15 heteroatoms. The third kappa shape index (κ3) is 4.74.